The summed E-state index contributed by atoms with van der Waals surface area (Å²) in [5, 5.41) is 7.67. The third-order valence-electron chi connectivity index (χ3n) is 5.12. The zero-order chi connectivity index (χ0) is 17.6. The number of hydrogen-bond donors (Lipinski definition) is 2. The minimum Gasteiger partial charge on any atom is -0.375 e. The predicted molar refractivity (Wildman–Crippen MR) is 103 cm³/mol. The summed E-state index contributed by atoms with van der Waals surface area (Å²) in [7, 11) is 3.53. The maximum atomic E-state index is 6.09. The van der Waals surface area contributed by atoms with Gasteiger partial charge in [0, 0.05) is 50.9 Å². The molecule has 5 nitrogen and oxygen atoms in total. The van der Waals surface area contributed by atoms with Crippen LogP contribution < -0.4 is 10.6 Å². The zero-order valence-electron chi connectivity index (χ0n) is 15.2. The molecule has 1 aromatic rings. The van der Waals surface area contributed by atoms with Crippen molar-refractivity contribution in [2.45, 2.75) is 43.9 Å². The zero-order valence-corrected chi connectivity index (χ0v) is 15.9. The maximum absolute atomic E-state index is 6.09. The van der Waals surface area contributed by atoms with Gasteiger partial charge in [-0.25, -0.2) is 0 Å². The van der Waals surface area contributed by atoms with Crippen LogP contribution in [0.3, 0.4) is 0 Å². The van der Waals surface area contributed by atoms with E-state index in [0.717, 1.165) is 22.6 Å². The first kappa shape index (κ1) is 18.5. The Morgan fingerprint density at radius 1 is 1.32 bits per heavy atom. The van der Waals surface area contributed by atoms with Gasteiger partial charge < -0.3 is 20.3 Å². The van der Waals surface area contributed by atoms with Crippen molar-refractivity contribution in [3.8, 4) is 0 Å². The molecule has 3 rings (SSSR count). The van der Waals surface area contributed by atoms with Crippen LogP contribution in [0.2, 0.25) is 5.02 Å². The molecular formula is C19H29ClN4O. The van der Waals surface area contributed by atoms with Gasteiger partial charge >= 0.3 is 0 Å². The van der Waals surface area contributed by atoms with Gasteiger partial charge in [0.05, 0.1) is 6.10 Å². The third kappa shape index (κ3) is 5.33. The summed E-state index contributed by atoms with van der Waals surface area (Å²) in [5.74, 6) is 0.842. The number of aliphatic imine (C=N–C) groups is 1. The van der Waals surface area contributed by atoms with Gasteiger partial charge in [-0.15, -0.1) is 0 Å². The van der Waals surface area contributed by atoms with Crippen LogP contribution in [0, 0.1) is 0 Å². The minimum atomic E-state index is -0.0611. The lowest BCUT2D eigenvalue weighted by Gasteiger charge is -2.33. The van der Waals surface area contributed by atoms with Gasteiger partial charge in [-0.05, 0) is 43.4 Å². The highest BCUT2D eigenvalue weighted by atomic mass is 35.5. The Labute approximate surface area is 155 Å². The van der Waals surface area contributed by atoms with Gasteiger partial charge in [0.2, 0.25) is 0 Å². The number of rotatable bonds is 6. The van der Waals surface area contributed by atoms with Gasteiger partial charge in [0.1, 0.15) is 0 Å². The molecule has 1 saturated carbocycles. The van der Waals surface area contributed by atoms with E-state index in [1.54, 1.807) is 7.11 Å². The molecule has 1 unspecified atom stereocenters. The Bertz CT molecular complexity index is 583. The number of hydrogen-bond acceptors (Lipinski definition) is 3. The molecule has 0 amide bonds. The van der Waals surface area contributed by atoms with E-state index in [4.69, 9.17) is 16.3 Å². The van der Waals surface area contributed by atoms with Crippen molar-refractivity contribution in [2.24, 2.45) is 4.99 Å². The monoisotopic (exact) mass is 364 g/mol. The Kier molecular flexibility index (Phi) is 6.57. The Morgan fingerprint density at radius 2 is 2.08 bits per heavy atom. The lowest BCUT2D eigenvalue weighted by Crippen LogP contribution is -2.49. The number of ether oxygens (including phenoxy) is 1. The van der Waals surface area contributed by atoms with Crippen molar-refractivity contribution in [1.82, 2.24) is 15.5 Å². The summed E-state index contributed by atoms with van der Waals surface area (Å²) >= 11 is 6.09. The topological polar surface area (TPSA) is 48.9 Å². The van der Waals surface area contributed by atoms with Crippen LogP contribution in [0.5, 0.6) is 0 Å². The fraction of sp³-hybridized carbons (Fsp3) is 0.632. The van der Waals surface area contributed by atoms with Crippen LogP contribution in [-0.4, -0.2) is 56.7 Å². The summed E-state index contributed by atoms with van der Waals surface area (Å²) in [4.78, 5) is 7.00. The second kappa shape index (κ2) is 8.88. The van der Waals surface area contributed by atoms with Crippen LogP contribution in [0.4, 0.5) is 0 Å². The molecule has 0 bridgehead atoms. The van der Waals surface area contributed by atoms with Crippen LogP contribution in [-0.2, 0) is 4.74 Å². The molecule has 138 valence electrons. The van der Waals surface area contributed by atoms with E-state index in [0.29, 0.717) is 12.6 Å². The predicted octanol–water partition coefficient (Wildman–Crippen LogP) is 2.82. The Hall–Kier alpha value is -1.30. The van der Waals surface area contributed by atoms with Gasteiger partial charge in [-0.3, -0.25) is 4.99 Å². The van der Waals surface area contributed by atoms with E-state index in [1.165, 1.54) is 38.8 Å². The van der Waals surface area contributed by atoms with Crippen molar-refractivity contribution in [3.63, 3.8) is 0 Å². The largest absolute Gasteiger partial charge is 0.375 e. The first-order valence-corrected chi connectivity index (χ1v) is 9.57. The SMILES string of the molecule is CN=C(NCC(OC)c1cccc(Cl)c1)NC1CCN(C2CC2)CC1. The molecule has 1 aliphatic carbocycles. The van der Waals surface area contributed by atoms with E-state index >= 15 is 0 Å². The third-order valence-corrected chi connectivity index (χ3v) is 5.35. The van der Waals surface area contributed by atoms with Gasteiger partial charge in [0.15, 0.2) is 5.96 Å². The number of nitrogens with one attached hydrogen (secondary N) is 2. The summed E-state index contributed by atoms with van der Waals surface area (Å²) in [6.45, 7) is 3.04. The first-order chi connectivity index (χ1) is 12.2. The molecule has 0 spiro atoms. The smallest absolute Gasteiger partial charge is 0.191 e. The van der Waals surface area contributed by atoms with Crippen molar-refractivity contribution < 1.29 is 4.74 Å². The molecule has 1 atom stereocenters. The lowest BCUT2D eigenvalue weighted by molar-refractivity contribution is 0.106. The molecule has 1 saturated heterocycles. The molecular weight excluding hydrogens is 336 g/mol. The second-order valence-corrected chi connectivity index (χ2v) is 7.35. The lowest BCUT2D eigenvalue weighted by atomic mass is 10.1. The molecule has 25 heavy (non-hydrogen) atoms. The number of methoxy groups -OCH3 is 1. The van der Waals surface area contributed by atoms with Crippen LogP contribution in [0.15, 0.2) is 29.3 Å². The average Bonchev–Trinajstić information content (AvgIpc) is 3.47. The molecule has 1 heterocycles. The Balaban J connectivity index is 1.46. The highest BCUT2D eigenvalue weighted by molar-refractivity contribution is 6.30. The van der Waals surface area contributed by atoms with Crippen molar-refractivity contribution >= 4 is 17.6 Å². The van der Waals surface area contributed by atoms with Gasteiger partial charge in [-0.1, -0.05) is 23.7 Å². The molecule has 2 aliphatic rings. The number of likely N-dealkylation sites (tertiary alicyclic amines) is 1. The Morgan fingerprint density at radius 3 is 2.68 bits per heavy atom. The fourth-order valence-electron chi connectivity index (χ4n) is 3.47. The molecule has 6 heteroatoms. The number of guanidine groups is 1. The molecule has 1 aromatic carbocycles. The summed E-state index contributed by atoms with van der Waals surface area (Å²) < 4.78 is 5.61. The molecule has 0 aromatic heterocycles. The van der Waals surface area contributed by atoms with Crippen molar-refractivity contribution in [2.75, 3.05) is 33.8 Å². The highest BCUT2D eigenvalue weighted by Gasteiger charge is 2.31. The first-order valence-electron chi connectivity index (χ1n) is 9.19. The van der Waals surface area contributed by atoms with E-state index in [1.807, 2.05) is 31.3 Å². The van der Waals surface area contributed by atoms with E-state index < -0.39 is 0 Å². The van der Waals surface area contributed by atoms with Crippen LogP contribution in [0.25, 0.3) is 0 Å². The molecule has 2 N–H and O–H groups in total. The van der Waals surface area contributed by atoms with E-state index in [2.05, 4.69) is 20.5 Å². The van der Waals surface area contributed by atoms with Gasteiger partial charge in [-0.2, -0.15) is 0 Å². The van der Waals surface area contributed by atoms with Crippen molar-refractivity contribution in [1.29, 1.82) is 0 Å². The average molecular weight is 365 g/mol. The number of benzene rings is 1. The molecule has 2 fully saturated rings. The quantitative estimate of drug-likeness (QED) is 0.602. The van der Waals surface area contributed by atoms with E-state index in [-0.39, 0.29) is 6.10 Å². The number of piperidine rings is 1. The minimum absolute atomic E-state index is 0.0611. The maximum Gasteiger partial charge on any atom is 0.191 e. The molecule has 1 aliphatic heterocycles. The van der Waals surface area contributed by atoms with E-state index in [9.17, 15) is 0 Å². The van der Waals surface area contributed by atoms with Crippen molar-refractivity contribution in [3.05, 3.63) is 34.9 Å². The van der Waals surface area contributed by atoms with Crippen LogP contribution >= 0.6 is 11.6 Å². The summed E-state index contributed by atoms with van der Waals surface area (Å²) in [6.07, 6.45) is 5.08. The second-order valence-electron chi connectivity index (χ2n) is 6.92. The summed E-state index contributed by atoms with van der Waals surface area (Å²) in [5.41, 5.74) is 1.07. The fourth-order valence-corrected chi connectivity index (χ4v) is 3.67. The highest BCUT2D eigenvalue weighted by Crippen LogP contribution is 2.29. The van der Waals surface area contributed by atoms with Gasteiger partial charge in [0.25, 0.3) is 0 Å². The summed E-state index contributed by atoms with van der Waals surface area (Å²) in [6, 6.07) is 9.17. The number of nitrogens with zero attached hydrogens (tertiary/aromatic N) is 2. The normalized spacial score (nSPS) is 21.2. The number of halogens is 1. The standard InChI is InChI=1S/C19H29ClN4O/c1-21-19(23-16-8-10-24(11-9-16)17-6-7-17)22-13-18(25-2)14-4-3-5-15(20)12-14/h3-5,12,16-18H,6-11,13H2,1-2H3,(H2,21,22,23). The van der Waals surface area contributed by atoms with Crippen LogP contribution in [0.1, 0.15) is 37.4 Å². The molecule has 0 radical (unpaired) electrons.